The molecule has 2 aromatic rings. The van der Waals surface area contributed by atoms with E-state index >= 15 is 0 Å². The van der Waals surface area contributed by atoms with Crippen LogP contribution in [-0.4, -0.2) is 14.9 Å². The van der Waals surface area contributed by atoms with Crippen LogP contribution in [-0.2, 0) is 0 Å². The number of benzene rings is 1. The van der Waals surface area contributed by atoms with Crippen molar-refractivity contribution >= 4 is 39.9 Å². The van der Waals surface area contributed by atoms with Crippen LogP contribution in [0, 0.1) is 10.1 Å². The van der Waals surface area contributed by atoms with Gasteiger partial charge in [0.25, 0.3) is 0 Å². The van der Waals surface area contributed by atoms with Crippen LogP contribution >= 0.6 is 23.2 Å². The molecule has 0 amide bonds. The Balaban J connectivity index is 3.09. The maximum Gasteiger partial charge on any atom is 0.314 e. The SMILES string of the molecule is O=c1[nH]c2cc(Cl)c(Cl)c([N+](=O)[O-])c2[nH]c1=O. The van der Waals surface area contributed by atoms with Crippen molar-refractivity contribution in [3.63, 3.8) is 0 Å². The van der Waals surface area contributed by atoms with Gasteiger partial charge in [-0.2, -0.15) is 0 Å². The van der Waals surface area contributed by atoms with Gasteiger partial charge in [0, 0.05) is 0 Å². The van der Waals surface area contributed by atoms with E-state index in [1.54, 1.807) is 0 Å². The highest BCUT2D eigenvalue weighted by atomic mass is 35.5. The third kappa shape index (κ3) is 1.79. The van der Waals surface area contributed by atoms with Crippen molar-refractivity contribution in [2.45, 2.75) is 0 Å². The first-order valence-electron chi connectivity index (χ1n) is 4.20. The molecule has 0 aliphatic heterocycles. The van der Waals surface area contributed by atoms with Crippen LogP contribution in [0.2, 0.25) is 10.0 Å². The lowest BCUT2D eigenvalue weighted by Gasteiger charge is -2.02. The molecule has 0 radical (unpaired) electrons. The summed E-state index contributed by atoms with van der Waals surface area (Å²) in [6.07, 6.45) is 0. The number of hydrogen-bond acceptors (Lipinski definition) is 4. The zero-order chi connectivity index (χ0) is 12.7. The fourth-order valence-electron chi connectivity index (χ4n) is 1.36. The number of nitrogens with one attached hydrogen (secondary N) is 2. The van der Waals surface area contributed by atoms with Gasteiger partial charge in [-0.3, -0.25) is 19.7 Å². The van der Waals surface area contributed by atoms with Crippen LogP contribution in [0.1, 0.15) is 0 Å². The van der Waals surface area contributed by atoms with Gasteiger partial charge < -0.3 is 9.97 Å². The molecule has 2 rings (SSSR count). The topological polar surface area (TPSA) is 109 Å². The standard InChI is InChI=1S/C8H3Cl2N3O4/c9-2-1-3-5(6(4(2)10)13(16)17)12-8(15)7(14)11-3/h1H,(H,11,14)(H,12,15). The van der Waals surface area contributed by atoms with E-state index in [9.17, 15) is 19.7 Å². The number of aromatic nitrogens is 2. The smallest absolute Gasteiger partial charge is 0.314 e. The summed E-state index contributed by atoms with van der Waals surface area (Å²) in [6, 6.07) is 1.23. The monoisotopic (exact) mass is 275 g/mol. The van der Waals surface area contributed by atoms with Gasteiger partial charge in [0.1, 0.15) is 10.5 Å². The van der Waals surface area contributed by atoms with Gasteiger partial charge in [0.2, 0.25) is 0 Å². The second kappa shape index (κ2) is 3.86. The van der Waals surface area contributed by atoms with Gasteiger partial charge in [0.05, 0.1) is 15.5 Å². The second-order valence-corrected chi connectivity index (χ2v) is 3.89. The van der Waals surface area contributed by atoms with Crippen molar-refractivity contribution in [2.24, 2.45) is 0 Å². The number of nitrogens with zero attached hydrogens (tertiary/aromatic N) is 1. The number of rotatable bonds is 1. The van der Waals surface area contributed by atoms with Gasteiger partial charge in [-0.15, -0.1) is 0 Å². The first kappa shape index (κ1) is 11.6. The third-order valence-corrected chi connectivity index (χ3v) is 2.85. The second-order valence-electron chi connectivity index (χ2n) is 3.11. The number of nitro benzene ring substituents is 1. The maximum absolute atomic E-state index is 11.1. The molecular weight excluding hydrogens is 273 g/mol. The number of halogens is 2. The number of hydrogen-bond donors (Lipinski definition) is 2. The van der Waals surface area contributed by atoms with E-state index in [2.05, 4.69) is 9.97 Å². The predicted octanol–water partition coefficient (Wildman–Crippen LogP) is 1.43. The minimum atomic E-state index is -1.00. The van der Waals surface area contributed by atoms with E-state index in [0.717, 1.165) is 0 Å². The summed E-state index contributed by atoms with van der Waals surface area (Å²) in [5.41, 5.74) is -2.61. The molecule has 1 aromatic heterocycles. The molecule has 0 bridgehead atoms. The molecule has 0 fully saturated rings. The van der Waals surface area contributed by atoms with Crippen molar-refractivity contribution in [3.05, 3.63) is 46.9 Å². The molecule has 1 heterocycles. The normalized spacial score (nSPS) is 10.7. The molecule has 0 spiro atoms. The Labute approximate surface area is 102 Å². The number of fused-ring (bicyclic) bond motifs is 1. The van der Waals surface area contributed by atoms with Crippen LogP contribution < -0.4 is 11.1 Å². The molecular formula is C8H3Cl2N3O4. The highest BCUT2D eigenvalue weighted by molar-refractivity contribution is 6.44. The van der Waals surface area contributed by atoms with Gasteiger partial charge in [-0.25, -0.2) is 0 Å². The first-order chi connectivity index (χ1) is 7.91. The number of nitro groups is 1. The van der Waals surface area contributed by atoms with Crippen LogP contribution in [0.5, 0.6) is 0 Å². The lowest BCUT2D eigenvalue weighted by molar-refractivity contribution is -0.383. The van der Waals surface area contributed by atoms with Crippen molar-refractivity contribution in [2.75, 3.05) is 0 Å². The Morgan fingerprint density at radius 2 is 1.76 bits per heavy atom. The molecule has 0 saturated carbocycles. The summed E-state index contributed by atoms with van der Waals surface area (Å²) in [5, 5.41) is 10.4. The molecule has 0 aliphatic rings. The molecule has 0 saturated heterocycles. The Hall–Kier alpha value is -1.86. The fourth-order valence-corrected chi connectivity index (χ4v) is 1.78. The molecule has 0 unspecified atom stereocenters. The largest absolute Gasteiger partial charge is 0.316 e. The molecule has 1 aromatic carbocycles. The van der Waals surface area contributed by atoms with Gasteiger partial charge in [0.15, 0.2) is 0 Å². The quantitative estimate of drug-likeness (QED) is 0.466. The summed E-state index contributed by atoms with van der Waals surface area (Å²) in [4.78, 5) is 36.5. The number of aromatic amines is 2. The van der Waals surface area contributed by atoms with E-state index in [-0.39, 0.29) is 21.1 Å². The maximum atomic E-state index is 11.1. The Kier molecular flexibility index (Phi) is 2.64. The summed E-state index contributed by atoms with van der Waals surface area (Å²) < 4.78 is 0. The van der Waals surface area contributed by atoms with E-state index in [4.69, 9.17) is 23.2 Å². The number of H-pyrrole nitrogens is 2. The highest BCUT2D eigenvalue weighted by Crippen LogP contribution is 2.36. The van der Waals surface area contributed by atoms with E-state index in [1.165, 1.54) is 6.07 Å². The predicted molar refractivity (Wildman–Crippen MR) is 61.9 cm³/mol. The van der Waals surface area contributed by atoms with Gasteiger partial charge >= 0.3 is 16.8 Å². The molecule has 0 aliphatic carbocycles. The van der Waals surface area contributed by atoms with Crippen molar-refractivity contribution in [3.8, 4) is 0 Å². The molecule has 17 heavy (non-hydrogen) atoms. The first-order valence-corrected chi connectivity index (χ1v) is 4.96. The summed E-state index contributed by atoms with van der Waals surface area (Å²) in [5.74, 6) is 0. The van der Waals surface area contributed by atoms with E-state index < -0.39 is 21.7 Å². The molecule has 9 heteroatoms. The third-order valence-electron chi connectivity index (χ3n) is 2.07. The average Bonchev–Trinajstić information content (AvgIpc) is 2.23. The van der Waals surface area contributed by atoms with Crippen molar-refractivity contribution in [1.29, 1.82) is 0 Å². The Morgan fingerprint density at radius 1 is 1.18 bits per heavy atom. The summed E-state index contributed by atoms with van der Waals surface area (Å²) >= 11 is 11.4. The van der Waals surface area contributed by atoms with Gasteiger partial charge in [-0.05, 0) is 6.07 Å². The van der Waals surface area contributed by atoms with Gasteiger partial charge in [-0.1, -0.05) is 23.2 Å². The summed E-state index contributed by atoms with van der Waals surface area (Å²) in [6.45, 7) is 0. The average molecular weight is 276 g/mol. The Morgan fingerprint density at radius 3 is 2.35 bits per heavy atom. The lowest BCUT2D eigenvalue weighted by atomic mass is 10.2. The minimum Gasteiger partial charge on any atom is -0.316 e. The highest BCUT2D eigenvalue weighted by Gasteiger charge is 2.22. The lowest BCUT2D eigenvalue weighted by Crippen LogP contribution is -2.29. The molecule has 7 nitrogen and oxygen atoms in total. The molecule has 0 atom stereocenters. The van der Waals surface area contributed by atoms with Crippen molar-refractivity contribution < 1.29 is 4.92 Å². The fraction of sp³-hybridized carbons (Fsp3) is 0. The molecule has 2 N–H and O–H groups in total. The van der Waals surface area contributed by atoms with Crippen LogP contribution in [0.25, 0.3) is 11.0 Å². The van der Waals surface area contributed by atoms with Crippen LogP contribution in [0.15, 0.2) is 15.7 Å². The minimum absolute atomic E-state index is 0.0377. The van der Waals surface area contributed by atoms with E-state index in [1.807, 2.05) is 0 Å². The van der Waals surface area contributed by atoms with E-state index in [0.29, 0.717) is 0 Å². The molecule has 88 valence electrons. The zero-order valence-electron chi connectivity index (χ0n) is 7.91. The Bertz CT molecular complexity index is 749. The van der Waals surface area contributed by atoms with Crippen LogP contribution in [0.4, 0.5) is 5.69 Å². The summed E-state index contributed by atoms with van der Waals surface area (Å²) in [7, 11) is 0. The van der Waals surface area contributed by atoms with Crippen molar-refractivity contribution in [1.82, 2.24) is 9.97 Å². The van der Waals surface area contributed by atoms with Crippen LogP contribution in [0.3, 0.4) is 0 Å². The zero-order valence-corrected chi connectivity index (χ0v) is 9.43.